The smallest absolute Gasteiger partial charge is 0.255 e. The summed E-state index contributed by atoms with van der Waals surface area (Å²) < 4.78 is 27.6. The van der Waals surface area contributed by atoms with E-state index in [9.17, 15) is 9.18 Å². The highest BCUT2D eigenvalue weighted by Gasteiger charge is 2.31. The molecule has 1 saturated heterocycles. The Hall–Kier alpha value is -3.02. The van der Waals surface area contributed by atoms with Crippen molar-refractivity contribution in [2.75, 3.05) is 32.8 Å². The number of benzene rings is 2. The first kappa shape index (κ1) is 18.3. The third-order valence-electron chi connectivity index (χ3n) is 3.59. The fourth-order valence-electron chi connectivity index (χ4n) is 2.28. The van der Waals surface area contributed by atoms with Gasteiger partial charge in [-0.25, -0.2) is 4.39 Å². The number of methoxy groups -OCH3 is 3. The Morgan fingerprint density at radius 2 is 1.56 bits per heavy atom. The summed E-state index contributed by atoms with van der Waals surface area (Å²) in [6.45, 7) is 4.18. The highest BCUT2D eigenvalue weighted by Crippen LogP contribution is 2.42. The normalized spacial score (nSPS) is 12.7. The van der Waals surface area contributed by atoms with Crippen LogP contribution in [0.5, 0.6) is 17.2 Å². The van der Waals surface area contributed by atoms with Crippen molar-refractivity contribution >= 4 is 11.6 Å². The minimum atomic E-state index is -0.178. The zero-order chi connectivity index (χ0) is 18.4. The van der Waals surface area contributed by atoms with Crippen LogP contribution in [-0.2, 0) is 4.79 Å². The number of ether oxygens (including phenoxy) is 3. The number of hydrogen-bond acceptors (Lipinski definition) is 4. The lowest BCUT2D eigenvalue weighted by atomic mass is 10.1. The summed E-state index contributed by atoms with van der Waals surface area (Å²) in [5.41, 5.74) is 1.31. The zero-order valence-corrected chi connectivity index (χ0v) is 14.4. The minimum absolute atomic E-state index is 0.0794. The van der Waals surface area contributed by atoms with Gasteiger partial charge in [0.15, 0.2) is 11.5 Å². The summed E-state index contributed by atoms with van der Waals surface area (Å²) in [4.78, 5) is 13.2. The molecule has 1 heterocycles. The summed E-state index contributed by atoms with van der Waals surface area (Å²) in [6, 6.07) is 11.4. The van der Waals surface area contributed by atoms with E-state index in [0.717, 1.165) is 0 Å². The molecule has 2 aromatic rings. The van der Waals surface area contributed by atoms with Gasteiger partial charge in [0.2, 0.25) is 5.75 Å². The van der Waals surface area contributed by atoms with Crippen molar-refractivity contribution in [3.63, 3.8) is 0 Å². The van der Waals surface area contributed by atoms with E-state index in [2.05, 4.69) is 6.58 Å². The highest BCUT2D eigenvalue weighted by atomic mass is 19.1. The second-order valence-electron chi connectivity index (χ2n) is 5.17. The molecule has 0 bridgehead atoms. The van der Waals surface area contributed by atoms with Crippen molar-refractivity contribution in [1.82, 2.24) is 0 Å². The van der Waals surface area contributed by atoms with Gasteiger partial charge < -0.3 is 19.1 Å². The molecule has 5 nitrogen and oxygen atoms in total. The van der Waals surface area contributed by atoms with Gasteiger partial charge >= 0.3 is 0 Å². The van der Waals surface area contributed by atoms with Crippen LogP contribution in [0.3, 0.4) is 0 Å². The van der Waals surface area contributed by atoms with Gasteiger partial charge in [-0.15, -0.1) is 0 Å². The van der Waals surface area contributed by atoms with Gasteiger partial charge in [-0.1, -0.05) is 24.8 Å². The van der Waals surface area contributed by atoms with Gasteiger partial charge in [0, 0.05) is 17.7 Å². The van der Waals surface area contributed by atoms with Crippen molar-refractivity contribution in [2.24, 2.45) is 0 Å². The summed E-state index contributed by atoms with van der Waals surface area (Å²) in [7, 11) is 4.62. The van der Waals surface area contributed by atoms with Crippen LogP contribution in [0.15, 0.2) is 54.6 Å². The Balaban J connectivity index is 0.000000269. The summed E-state index contributed by atoms with van der Waals surface area (Å²) in [5.74, 6) is 1.30. The van der Waals surface area contributed by atoms with Gasteiger partial charge in [0.25, 0.3) is 5.91 Å². The zero-order valence-electron chi connectivity index (χ0n) is 14.4. The molecular formula is C19H20FNO4. The van der Waals surface area contributed by atoms with E-state index >= 15 is 0 Å². The Morgan fingerprint density at radius 1 is 1.00 bits per heavy atom. The lowest BCUT2D eigenvalue weighted by Crippen LogP contribution is -2.45. The molecule has 6 heteroatoms. The van der Waals surface area contributed by atoms with Crippen LogP contribution in [0.1, 0.15) is 0 Å². The molecule has 1 aliphatic heterocycles. The molecule has 2 aromatic carbocycles. The average Bonchev–Trinajstić information content (AvgIpc) is 2.65. The predicted molar refractivity (Wildman–Crippen MR) is 94.0 cm³/mol. The van der Waals surface area contributed by atoms with Crippen LogP contribution in [0.4, 0.5) is 10.1 Å². The van der Waals surface area contributed by atoms with Crippen LogP contribution in [0.2, 0.25) is 0 Å². The SMILES string of the molecule is C=C1CN(c2cc(OC)c(OC)c(OC)c2)C1=O.Fc1ccccc1. The maximum absolute atomic E-state index is 11.9. The average molecular weight is 345 g/mol. The summed E-state index contributed by atoms with van der Waals surface area (Å²) >= 11 is 0. The molecule has 1 fully saturated rings. The molecular weight excluding hydrogens is 325 g/mol. The second-order valence-corrected chi connectivity index (χ2v) is 5.17. The van der Waals surface area contributed by atoms with Crippen molar-refractivity contribution in [2.45, 2.75) is 0 Å². The summed E-state index contributed by atoms with van der Waals surface area (Å²) in [5, 5.41) is 0. The number of hydrogen-bond donors (Lipinski definition) is 0. The molecule has 0 unspecified atom stereocenters. The highest BCUT2D eigenvalue weighted by molar-refractivity contribution is 6.13. The van der Waals surface area contributed by atoms with E-state index in [1.165, 1.54) is 33.5 Å². The molecule has 0 saturated carbocycles. The first-order valence-electron chi connectivity index (χ1n) is 7.52. The Kier molecular flexibility index (Phi) is 6.00. The lowest BCUT2D eigenvalue weighted by Gasteiger charge is -2.33. The third-order valence-corrected chi connectivity index (χ3v) is 3.59. The van der Waals surface area contributed by atoms with Crippen LogP contribution in [0, 0.1) is 5.82 Å². The number of rotatable bonds is 4. The van der Waals surface area contributed by atoms with Crippen LogP contribution in [-0.4, -0.2) is 33.8 Å². The molecule has 0 aromatic heterocycles. The van der Waals surface area contributed by atoms with Crippen molar-refractivity contribution in [3.8, 4) is 17.2 Å². The fourth-order valence-corrected chi connectivity index (χ4v) is 2.28. The van der Waals surface area contributed by atoms with Gasteiger partial charge in [-0.05, 0) is 12.1 Å². The Morgan fingerprint density at radius 3 is 1.88 bits per heavy atom. The molecule has 0 N–H and O–H groups in total. The number of nitrogens with zero attached hydrogens (tertiary/aromatic N) is 1. The number of halogens is 1. The van der Waals surface area contributed by atoms with Crippen molar-refractivity contribution in [3.05, 3.63) is 60.4 Å². The quantitative estimate of drug-likeness (QED) is 0.629. The number of carbonyl (C=O) groups excluding carboxylic acids is 1. The van der Waals surface area contributed by atoms with Crippen LogP contribution >= 0.6 is 0 Å². The van der Waals surface area contributed by atoms with E-state index in [0.29, 0.717) is 35.1 Å². The topological polar surface area (TPSA) is 48.0 Å². The largest absolute Gasteiger partial charge is 0.493 e. The van der Waals surface area contributed by atoms with Gasteiger partial charge in [0.05, 0.1) is 33.6 Å². The number of β-lactam (4-membered cyclic amide) rings is 1. The van der Waals surface area contributed by atoms with Gasteiger partial charge in [-0.2, -0.15) is 0 Å². The predicted octanol–water partition coefficient (Wildman–Crippen LogP) is 3.44. The van der Waals surface area contributed by atoms with E-state index in [1.807, 2.05) is 0 Å². The standard InChI is InChI=1S/C13H15NO4.C6H5F/c1-8-7-14(13(8)15)9-5-10(16-2)12(18-4)11(6-9)17-3;7-6-4-2-1-3-5-6/h5-6H,1,7H2,2-4H3;1-5H. The maximum atomic E-state index is 11.9. The number of anilines is 1. The van der Waals surface area contributed by atoms with E-state index < -0.39 is 0 Å². The molecule has 0 atom stereocenters. The molecule has 0 spiro atoms. The second kappa shape index (κ2) is 8.19. The third kappa shape index (κ3) is 4.09. The van der Waals surface area contributed by atoms with E-state index in [1.54, 1.807) is 35.2 Å². The molecule has 1 amide bonds. The first-order chi connectivity index (χ1) is 12.0. The Bertz CT molecular complexity index is 736. The lowest BCUT2D eigenvalue weighted by molar-refractivity contribution is -0.117. The van der Waals surface area contributed by atoms with Crippen LogP contribution < -0.4 is 19.1 Å². The minimum Gasteiger partial charge on any atom is -0.493 e. The molecule has 1 aliphatic rings. The number of amides is 1. The number of carbonyl (C=O) groups is 1. The summed E-state index contributed by atoms with van der Waals surface area (Å²) in [6.07, 6.45) is 0. The van der Waals surface area contributed by atoms with E-state index in [-0.39, 0.29) is 11.7 Å². The molecule has 0 aliphatic carbocycles. The molecule has 0 radical (unpaired) electrons. The van der Waals surface area contributed by atoms with E-state index in [4.69, 9.17) is 14.2 Å². The van der Waals surface area contributed by atoms with Crippen molar-refractivity contribution in [1.29, 1.82) is 0 Å². The Labute approximate surface area is 146 Å². The van der Waals surface area contributed by atoms with Crippen molar-refractivity contribution < 1.29 is 23.4 Å². The maximum Gasteiger partial charge on any atom is 0.255 e. The fraction of sp³-hybridized carbons (Fsp3) is 0.211. The monoisotopic (exact) mass is 345 g/mol. The van der Waals surface area contributed by atoms with Gasteiger partial charge in [0.1, 0.15) is 5.82 Å². The van der Waals surface area contributed by atoms with Gasteiger partial charge in [-0.3, -0.25) is 4.79 Å². The molecule has 3 rings (SSSR count). The van der Waals surface area contributed by atoms with Crippen LogP contribution in [0.25, 0.3) is 0 Å². The first-order valence-corrected chi connectivity index (χ1v) is 7.52. The molecule has 132 valence electrons. The molecule has 25 heavy (non-hydrogen) atoms.